The van der Waals surface area contributed by atoms with Crippen molar-refractivity contribution in [1.29, 1.82) is 0 Å². The van der Waals surface area contributed by atoms with Gasteiger partial charge in [0.05, 0.1) is 15.8 Å². The van der Waals surface area contributed by atoms with Crippen molar-refractivity contribution in [2.24, 2.45) is 0 Å². The van der Waals surface area contributed by atoms with Crippen LogP contribution in [0.4, 0.5) is 4.39 Å². The Labute approximate surface area is 170 Å². The van der Waals surface area contributed by atoms with Crippen LogP contribution < -0.4 is 0 Å². The molecule has 4 rings (SSSR count). The Hall–Kier alpha value is -2.70. The van der Waals surface area contributed by atoms with Crippen molar-refractivity contribution in [3.05, 3.63) is 84.2 Å². The summed E-state index contributed by atoms with van der Waals surface area (Å²) in [5.74, 6) is -0.181. The standard InChI is InChI=1S/C22H16FNO2S2/c23-17-9-3-5-11-19(17)27-14-13-26-22(25)16-8-2-1-7-15(16)21-24-18-10-4-6-12-20(18)28-21/h1-12H,13-14H2. The molecule has 0 aliphatic carbocycles. The van der Waals surface area contributed by atoms with Crippen LogP contribution in [0.15, 0.2) is 77.7 Å². The highest BCUT2D eigenvalue weighted by atomic mass is 32.2. The molecule has 0 atom stereocenters. The second-order valence-corrected chi connectivity index (χ2v) is 8.11. The zero-order chi connectivity index (χ0) is 19.3. The Bertz CT molecular complexity index is 1090. The van der Waals surface area contributed by atoms with Crippen LogP contribution in [-0.2, 0) is 4.74 Å². The number of hydrogen-bond acceptors (Lipinski definition) is 5. The number of thioether (sulfide) groups is 1. The molecular formula is C22H16FNO2S2. The van der Waals surface area contributed by atoms with Crippen LogP contribution in [0.3, 0.4) is 0 Å². The third kappa shape index (κ3) is 4.08. The number of benzene rings is 3. The lowest BCUT2D eigenvalue weighted by atomic mass is 10.1. The van der Waals surface area contributed by atoms with Crippen LogP contribution in [0.2, 0.25) is 0 Å². The van der Waals surface area contributed by atoms with Gasteiger partial charge in [0.15, 0.2) is 0 Å². The van der Waals surface area contributed by atoms with Crippen molar-refractivity contribution in [2.45, 2.75) is 4.90 Å². The van der Waals surface area contributed by atoms with Crippen LogP contribution in [0.1, 0.15) is 10.4 Å². The molecule has 0 aliphatic heterocycles. The Morgan fingerprint density at radius 2 is 1.75 bits per heavy atom. The molecule has 0 bridgehead atoms. The molecule has 1 heterocycles. The lowest BCUT2D eigenvalue weighted by Gasteiger charge is -2.08. The van der Waals surface area contributed by atoms with E-state index in [0.29, 0.717) is 16.2 Å². The molecule has 0 saturated heterocycles. The van der Waals surface area contributed by atoms with E-state index in [1.165, 1.54) is 17.8 Å². The summed E-state index contributed by atoms with van der Waals surface area (Å²) in [5.41, 5.74) is 2.15. The third-order valence-corrected chi connectivity index (χ3v) is 6.16. The number of halogens is 1. The number of thiazole rings is 1. The van der Waals surface area contributed by atoms with Crippen molar-refractivity contribution in [1.82, 2.24) is 4.98 Å². The molecule has 0 aliphatic rings. The van der Waals surface area contributed by atoms with E-state index >= 15 is 0 Å². The lowest BCUT2D eigenvalue weighted by Crippen LogP contribution is -2.09. The van der Waals surface area contributed by atoms with E-state index in [9.17, 15) is 9.18 Å². The molecule has 1 aromatic heterocycles. The van der Waals surface area contributed by atoms with Gasteiger partial charge in [0, 0.05) is 16.2 Å². The maximum atomic E-state index is 13.6. The molecule has 0 saturated carbocycles. The number of ether oxygens (including phenoxy) is 1. The number of hydrogen-bond donors (Lipinski definition) is 0. The van der Waals surface area contributed by atoms with E-state index in [4.69, 9.17) is 4.74 Å². The molecule has 140 valence electrons. The summed E-state index contributed by atoms with van der Waals surface area (Å²) < 4.78 is 20.1. The Balaban J connectivity index is 1.45. The van der Waals surface area contributed by atoms with Gasteiger partial charge in [-0.3, -0.25) is 0 Å². The topological polar surface area (TPSA) is 39.2 Å². The minimum Gasteiger partial charge on any atom is -0.461 e. The van der Waals surface area contributed by atoms with E-state index in [1.54, 1.807) is 35.6 Å². The number of carbonyl (C=O) groups excluding carboxylic acids is 1. The Morgan fingerprint density at radius 3 is 2.61 bits per heavy atom. The fourth-order valence-corrected chi connectivity index (χ4v) is 4.53. The molecule has 3 aromatic carbocycles. The van der Waals surface area contributed by atoms with Gasteiger partial charge in [-0.25, -0.2) is 14.2 Å². The molecule has 4 aromatic rings. The zero-order valence-electron chi connectivity index (χ0n) is 14.8. The minimum absolute atomic E-state index is 0.200. The van der Waals surface area contributed by atoms with E-state index in [0.717, 1.165) is 20.8 Å². The number of fused-ring (bicyclic) bond motifs is 1. The van der Waals surface area contributed by atoms with Crippen molar-refractivity contribution in [2.75, 3.05) is 12.4 Å². The SMILES string of the molecule is O=C(OCCSc1ccccc1F)c1ccccc1-c1nc2ccccc2s1. The Morgan fingerprint density at radius 1 is 1.00 bits per heavy atom. The highest BCUT2D eigenvalue weighted by Crippen LogP contribution is 2.32. The molecule has 0 unspecified atom stereocenters. The summed E-state index contributed by atoms with van der Waals surface area (Å²) in [6.07, 6.45) is 0. The molecule has 0 spiro atoms. The first-order valence-corrected chi connectivity index (χ1v) is 10.5. The first-order valence-electron chi connectivity index (χ1n) is 8.72. The van der Waals surface area contributed by atoms with Crippen molar-refractivity contribution in [3.63, 3.8) is 0 Å². The van der Waals surface area contributed by atoms with E-state index < -0.39 is 5.97 Å². The molecule has 28 heavy (non-hydrogen) atoms. The summed E-state index contributed by atoms with van der Waals surface area (Å²) in [5, 5.41) is 0.787. The van der Waals surface area contributed by atoms with Crippen molar-refractivity contribution >= 4 is 39.3 Å². The fraction of sp³-hybridized carbons (Fsp3) is 0.0909. The number of nitrogens with zero attached hydrogens (tertiary/aromatic N) is 1. The van der Waals surface area contributed by atoms with Gasteiger partial charge >= 0.3 is 5.97 Å². The molecular weight excluding hydrogens is 393 g/mol. The zero-order valence-corrected chi connectivity index (χ0v) is 16.4. The van der Waals surface area contributed by atoms with Crippen LogP contribution in [0, 0.1) is 5.82 Å². The highest BCUT2D eigenvalue weighted by molar-refractivity contribution is 7.99. The minimum atomic E-state index is -0.399. The third-order valence-electron chi connectivity index (χ3n) is 4.08. The predicted molar refractivity (Wildman–Crippen MR) is 112 cm³/mol. The van der Waals surface area contributed by atoms with E-state index in [1.807, 2.05) is 42.5 Å². The molecule has 6 heteroatoms. The van der Waals surface area contributed by atoms with Gasteiger partial charge in [0.1, 0.15) is 17.4 Å². The molecule has 3 nitrogen and oxygen atoms in total. The molecule has 0 radical (unpaired) electrons. The molecule has 0 amide bonds. The fourth-order valence-electron chi connectivity index (χ4n) is 2.76. The summed E-state index contributed by atoms with van der Waals surface area (Å²) in [4.78, 5) is 17.8. The number of para-hydroxylation sites is 1. The summed E-state index contributed by atoms with van der Waals surface area (Å²) in [6, 6.07) is 21.8. The van der Waals surface area contributed by atoms with Gasteiger partial charge in [-0.2, -0.15) is 0 Å². The second kappa shape index (κ2) is 8.54. The lowest BCUT2D eigenvalue weighted by molar-refractivity contribution is 0.0531. The van der Waals surface area contributed by atoms with Gasteiger partial charge in [-0.1, -0.05) is 42.5 Å². The van der Waals surface area contributed by atoms with Crippen molar-refractivity contribution < 1.29 is 13.9 Å². The first-order chi connectivity index (χ1) is 13.7. The summed E-state index contributed by atoms with van der Waals surface area (Å²) in [7, 11) is 0. The monoisotopic (exact) mass is 409 g/mol. The maximum Gasteiger partial charge on any atom is 0.338 e. The smallest absolute Gasteiger partial charge is 0.338 e. The maximum absolute atomic E-state index is 13.6. The van der Waals surface area contributed by atoms with Gasteiger partial charge in [-0.15, -0.1) is 23.1 Å². The summed E-state index contributed by atoms with van der Waals surface area (Å²) in [6.45, 7) is 0.200. The van der Waals surface area contributed by atoms with Crippen molar-refractivity contribution in [3.8, 4) is 10.6 Å². The van der Waals surface area contributed by atoms with Crippen LogP contribution in [0.5, 0.6) is 0 Å². The number of esters is 1. The normalized spacial score (nSPS) is 10.9. The first kappa shape index (κ1) is 18.7. The van der Waals surface area contributed by atoms with Gasteiger partial charge in [0.2, 0.25) is 0 Å². The largest absolute Gasteiger partial charge is 0.461 e. The molecule has 0 N–H and O–H groups in total. The quantitative estimate of drug-likeness (QED) is 0.221. The van der Waals surface area contributed by atoms with E-state index in [2.05, 4.69) is 4.98 Å². The molecule has 0 fully saturated rings. The van der Waals surface area contributed by atoms with Gasteiger partial charge in [-0.05, 0) is 30.3 Å². The highest BCUT2D eigenvalue weighted by Gasteiger charge is 2.16. The van der Waals surface area contributed by atoms with Crippen LogP contribution >= 0.6 is 23.1 Å². The van der Waals surface area contributed by atoms with Crippen LogP contribution in [0.25, 0.3) is 20.8 Å². The second-order valence-electron chi connectivity index (χ2n) is 5.95. The number of rotatable bonds is 6. The van der Waals surface area contributed by atoms with Gasteiger partial charge in [0.25, 0.3) is 0 Å². The van der Waals surface area contributed by atoms with E-state index in [-0.39, 0.29) is 12.4 Å². The Kier molecular flexibility index (Phi) is 5.69. The number of aromatic nitrogens is 1. The average Bonchev–Trinajstić information content (AvgIpc) is 3.16. The average molecular weight is 410 g/mol. The van der Waals surface area contributed by atoms with Crippen LogP contribution in [-0.4, -0.2) is 23.3 Å². The number of carbonyl (C=O) groups is 1. The van der Waals surface area contributed by atoms with Gasteiger partial charge < -0.3 is 4.74 Å². The predicted octanol–water partition coefficient (Wildman–Crippen LogP) is 6.05. The summed E-state index contributed by atoms with van der Waals surface area (Å²) >= 11 is 2.87.